The summed E-state index contributed by atoms with van der Waals surface area (Å²) >= 11 is 0. The monoisotopic (exact) mass is 282 g/mol. The Hall–Kier alpha value is -1.75. The molecular formula is C13H19ClN4O. The van der Waals surface area contributed by atoms with Crippen LogP contribution >= 0.6 is 0 Å². The number of hydrogen-bond acceptors (Lipinski definition) is 2. The van der Waals surface area contributed by atoms with Gasteiger partial charge in [-0.1, -0.05) is 25.5 Å². The van der Waals surface area contributed by atoms with Gasteiger partial charge in [0.2, 0.25) is 0 Å². The Bertz CT molecular complexity index is 579. The Balaban J connectivity index is 0.00000180. The van der Waals surface area contributed by atoms with E-state index in [1.54, 1.807) is 4.57 Å². The van der Waals surface area contributed by atoms with Crippen molar-refractivity contribution in [2.45, 2.75) is 32.9 Å². The molecule has 2 aromatic rings. The van der Waals surface area contributed by atoms with E-state index in [-0.39, 0.29) is 24.9 Å². The van der Waals surface area contributed by atoms with Crippen LogP contribution in [0.3, 0.4) is 0 Å². The molecule has 0 aliphatic heterocycles. The lowest BCUT2D eigenvalue weighted by molar-refractivity contribution is -0.644. The van der Waals surface area contributed by atoms with E-state index >= 15 is 0 Å². The number of carbonyl (C=O) groups excluding carboxylic acids is 1. The lowest BCUT2D eigenvalue weighted by atomic mass is 10.3. The van der Waals surface area contributed by atoms with Gasteiger partial charge >= 0.3 is 5.95 Å². The number of nitrogen functional groups attached to an aromatic ring is 1. The van der Waals surface area contributed by atoms with E-state index in [4.69, 9.17) is 11.5 Å². The maximum atomic E-state index is 11.1. The summed E-state index contributed by atoms with van der Waals surface area (Å²) in [7, 11) is 0. The summed E-state index contributed by atoms with van der Waals surface area (Å²) in [6.45, 7) is 3.11. The van der Waals surface area contributed by atoms with E-state index in [1.807, 2.05) is 28.8 Å². The van der Waals surface area contributed by atoms with E-state index in [0.29, 0.717) is 5.95 Å². The Labute approximate surface area is 118 Å². The van der Waals surface area contributed by atoms with Crippen LogP contribution in [0.2, 0.25) is 0 Å². The Morgan fingerprint density at radius 2 is 2.05 bits per heavy atom. The fourth-order valence-electron chi connectivity index (χ4n) is 2.19. The van der Waals surface area contributed by atoms with E-state index < -0.39 is 0 Å². The van der Waals surface area contributed by atoms with Crippen LogP contribution in [0, 0.1) is 0 Å². The number of aryl methyl sites for hydroxylation is 1. The van der Waals surface area contributed by atoms with Gasteiger partial charge in [0.05, 0.1) is 6.54 Å². The fraction of sp³-hybridized carbons (Fsp3) is 0.385. The molecule has 0 saturated carbocycles. The zero-order valence-corrected chi connectivity index (χ0v) is 11.7. The van der Waals surface area contributed by atoms with E-state index in [9.17, 15) is 4.79 Å². The number of fused-ring (bicyclic) bond motifs is 1. The summed E-state index contributed by atoms with van der Waals surface area (Å²) < 4.78 is 3.81. The predicted molar refractivity (Wildman–Crippen MR) is 70.6 cm³/mol. The van der Waals surface area contributed by atoms with Crippen molar-refractivity contribution in [2.24, 2.45) is 5.73 Å². The number of rotatable bonds is 5. The lowest BCUT2D eigenvalue weighted by Crippen LogP contribution is -3.00. The number of nitrogens with zero attached hydrogens (tertiary/aromatic N) is 2. The molecule has 19 heavy (non-hydrogen) atoms. The normalized spacial score (nSPS) is 10.4. The molecule has 104 valence electrons. The van der Waals surface area contributed by atoms with Crippen LogP contribution in [0.25, 0.3) is 11.0 Å². The number of aromatic nitrogens is 2. The van der Waals surface area contributed by atoms with Gasteiger partial charge in [-0.05, 0) is 18.6 Å². The molecule has 0 unspecified atom stereocenters. The average Bonchev–Trinajstić information content (AvgIpc) is 2.60. The number of imidazole rings is 1. The molecular weight excluding hydrogens is 264 g/mol. The van der Waals surface area contributed by atoms with E-state index in [1.165, 1.54) is 0 Å². The molecule has 0 fully saturated rings. The third-order valence-electron chi connectivity index (χ3n) is 3.07. The highest BCUT2D eigenvalue weighted by molar-refractivity contribution is 5.76. The van der Waals surface area contributed by atoms with Crippen molar-refractivity contribution in [3.05, 3.63) is 24.3 Å². The van der Waals surface area contributed by atoms with Gasteiger partial charge < -0.3 is 18.1 Å². The highest BCUT2D eigenvalue weighted by atomic mass is 35.5. The van der Waals surface area contributed by atoms with E-state index in [2.05, 4.69) is 6.92 Å². The Morgan fingerprint density at radius 3 is 2.68 bits per heavy atom. The molecule has 4 N–H and O–H groups in total. The summed E-state index contributed by atoms with van der Waals surface area (Å²) in [4.78, 5) is 11.1. The van der Waals surface area contributed by atoms with Crippen molar-refractivity contribution < 1.29 is 21.8 Å². The second kappa shape index (κ2) is 6.43. The smallest absolute Gasteiger partial charge is 0.356 e. The standard InChI is InChI=1S/C13H18N4O.ClH/c1-2-3-8-16-10-6-4-5-7-11(10)17(13(16)15)9-12(14)18;/h4-7,15H,2-3,8-9H2,1H3,(H2,14,18);1H. The van der Waals surface area contributed by atoms with Crippen LogP contribution in [0.5, 0.6) is 0 Å². The second-order valence-electron chi connectivity index (χ2n) is 4.40. The van der Waals surface area contributed by atoms with Gasteiger partial charge in [0.25, 0.3) is 5.91 Å². The number of primary amides is 1. The maximum Gasteiger partial charge on any atom is 0.356 e. The number of unbranched alkanes of at least 4 members (excludes halogenated alkanes) is 1. The first-order valence-corrected chi connectivity index (χ1v) is 6.20. The van der Waals surface area contributed by atoms with Crippen LogP contribution < -0.4 is 28.4 Å². The molecule has 2 rings (SSSR count). The molecule has 6 heteroatoms. The number of para-hydroxylation sites is 2. The minimum Gasteiger partial charge on any atom is -1.00 e. The number of anilines is 1. The molecule has 0 saturated heterocycles. The highest BCUT2D eigenvalue weighted by Gasteiger charge is 2.21. The molecule has 1 amide bonds. The summed E-state index contributed by atoms with van der Waals surface area (Å²) in [5.41, 5.74) is 13.4. The second-order valence-corrected chi connectivity index (χ2v) is 4.40. The number of halogens is 1. The third-order valence-corrected chi connectivity index (χ3v) is 3.07. The van der Waals surface area contributed by atoms with Crippen molar-refractivity contribution in [2.75, 3.05) is 5.73 Å². The molecule has 0 radical (unpaired) electrons. The molecule has 0 bridgehead atoms. The topological polar surface area (TPSA) is 77.9 Å². The zero-order valence-electron chi connectivity index (χ0n) is 11.0. The lowest BCUT2D eigenvalue weighted by Gasteiger charge is -1.99. The van der Waals surface area contributed by atoms with Gasteiger partial charge in [-0.25, -0.2) is 9.13 Å². The quantitative estimate of drug-likeness (QED) is 0.611. The third kappa shape index (κ3) is 2.98. The van der Waals surface area contributed by atoms with Crippen molar-refractivity contribution in [1.29, 1.82) is 0 Å². The fourth-order valence-corrected chi connectivity index (χ4v) is 2.19. The van der Waals surface area contributed by atoms with Crippen LogP contribution in [-0.4, -0.2) is 10.5 Å². The first-order chi connectivity index (χ1) is 8.65. The van der Waals surface area contributed by atoms with Crippen LogP contribution in [-0.2, 0) is 17.9 Å². The highest BCUT2D eigenvalue weighted by Crippen LogP contribution is 2.16. The number of carbonyl (C=O) groups is 1. The van der Waals surface area contributed by atoms with Crippen molar-refractivity contribution >= 4 is 22.9 Å². The van der Waals surface area contributed by atoms with E-state index in [0.717, 1.165) is 30.4 Å². The number of hydrogen-bond donors (Lipinski definition) is 2. The molecule has 0 aliphatic carbocycles. The Kier molecular flexibility index (Phi) is 5.18. The Morgan fingerprint density at radius 1 is 1.37 bits per heavy atom. The summed E-state index contributed by atoms with van der Waals surface area (Å²) in [5.74, 6) is 0.202. The molecule has 0 atom stereocenters. The number of benzene rings is 1. The van der Waals surface area contributed by atoms with Gasteiger partial charge in [-0.2, -0.15) is 0 Å². The molecule has 1 aromatic heterocycles. The largest absolute Gasteiger partial charge is 1.00 e. The zero-order chi connectivity index (χ0) is 13.1. The predicted octanol–water partition coefficient (Wildman–Crippen LogP) is -2.20. The number of nitrogens with two attached hydrogens (primary N) is 2. The molecule has 5 nitrogen and oxygen atoms in total. The first kappa shape index (κ1) is 15.3. The summed E-state index contributed by atoms with van der Waals surface area (Å²) in [6.07, 6.45) is 2.15. The molecule has 1 aromatic carbocycles. The van der Waals surface area contributed by atoms with Gasteiger partial charge in [0, 0.05) is 0 Å². The summed E-state index contributed by atoms with van der Waals surface area (Å²) in [6, 6.07) is 7.87. The maximum absolute atomic E-state index is 11.1. The molecule has 1 heterocycles. The van der Waals surface area contributed by atoms with Crippen molar-refractivity contribution in [1.82, 2.24) is 4.57 Å². The summed E-state index contributed by atoms with van der Waals surface area (Å²) in [5, 5.41) is 0. The van der Waals surface area contributed by atoms with Gasteiger partial charge in [0.1, 0.15) is 11.0 Å². The van der Waals surface area contributed by atoms with Crippen molar-refractivity contribution in [3.63, 3.8) is 0 Å². The van der Waals surface area contributed by atoms with Gasteiger partial charge in [0.15, 0.2) is 6.54 Å². The van der Waals surface area contributed by atoms with Crippen LogP contribution in [0.4, 0.5) is 5.95 Å². The van der Waals surface area contributed by atoms with Crippen LogP contribution in [0.1, 0.15) is 19.8 Å². The van der Waals surface area contributed by atoms with Crippen LogP contribution in [0.15, 0.2) is 24.3 Å². The number of amides is 1. The first-order valence-electron chi connectivity index (χ1n) is 6.20. The van der Waals surface area contributed by atoms with Crippen molar-refractivity contribution in [3.8, 4) is 0 Å². The molecule has 0 spiro atoms. The minimum atomic E-state index is -0.384. The molecule has 0 aliphatic rings. The minimum absolute atomic E-state index is 0. The van der Waals surface area contributed by atoms with Gasteiger partial charge in [-0.3, -0.25) is 10.5 Å². The average molecular weight is 283 g/mol. The SMILES string of the molecule is CCCCn1c(N)[n+](CC(N)=O)c2ccccc21.[Cl-]. The van der Waals surface area contributed by atoms with Gasteiger partial charge in [-0.15, -0.1) is 0 Å².